The molecule has 2 unspecified atom stereocenters. The summed E-state index contributed by atoms with van der Waals surface area (Å²) < 4.78 is 0. The van der Waals surface area contributed by atoms with Crippen molar-refractivity contribution < 1.29 is 0 Å². The van der Waals surface area contributed by atoms with Gasteiger partial charge in [0.1, 0.15) is 11.5 Å². The Balaban J connectivity index is 1.69. The number of nitrogens with zero attached hydrogens (tertiary/aromatic N) is 1. The smallest absolute Gasteiger partial charge is 0.139 e. The maximum atomic E-state index is 4.54. The van der Waals surface area contributed by atoms with Gasteiger partial charge in [-0.1, -0.05) is 0 Å². The largest absolute Gasteiger partial charge is 0.370 e. The highest BCUT2D eigenvalue weighted by Crippen LogP contribution is 2.17. The van der Waals surface area contributed by atoms with Crippen LogP contribution in [0.1, 0.15) is 13.8 Å². The fourth-order valence-corrected chi connectivity index (χ4v) is 2.51. The van der Waals surface area contributed by atoms with E-state index in [0.29, 0.717) is 18.0 Å². The molecule has 4 N–H and O–H groups in total. The van der Waals surface area contributed by atoms with Gasteiger partial charge in [0.2, 0.25) is 0 Å². The minimum atomic E-state index is 0.474. The number of H-pyrrole nitrogens is 1. The topological polar surface area (TPSA) is 64.8 Å². The van der Waals surface area contributed by atoms with Gasteiger partial charge in [0.15, 0.2) is 0 Å². The highest BCUT2D eigenvalue weighted by atomic mass is 15.4. The number of aromatic nitrogens is 2. The Morgan fingerprint density at radius 1 is 1.17 bits per heavy atom. The summed E-state index contributed by atoms with van der Waals surface area (Å²) in [6.45, 7) is 5.32. The molecule has 0 bridgehead atoms. The van der Waals surface area contributed by atoms with Gasteiger partial charge >= 0.3 is 0 Å². The van der Waals surface area contributed by atoms with Gasteiger partial charge in [0, 0.05) is 36.1 Å². The van der Waals surface area contributed by atoms with Crippen LogP contribution < -0.4 is 16.2 Å². The number of anilines is 1. The maximum absolute atomic E-state index is 4.54. The molecule has 1 saturated heterocycles. The van der Waals surface area contributed by atoms with Gasteiger partial charge in [-0.2, -0.15) is 0 Å². The first-order valence-electron chi connectivity index (χ1n) is 6.43. The van der Waals surface area contributed by atoms with Crippen LogP contribution in [-0.2, 0) is 0 Å². The lowest BCUT2D eigenvalue weighted by atomic mass is 9.97. The third-order valence-electron chi connectivity index (χ3n) is 3.75. The summed E-state index contributed by atoms with van der Waals surface area (Å²) in [7, 11) is 0. The average molecular weight is 245 g/mol. The van der Waals surface area contributed by atoms with Crippen LogP contribution in [0.2, 0.25) is 0 Å². The van der Waals surface area contributed by atoms with E-state index in [1.54, 1.807) is 0 Å². The molecule has 0 aromatic carbocycles. The molecule has 2 atom stereocenters. The Morgan fingerprint density at radius 3 is 2.72 bits per heavy atom. The zero-order valence-electron chi connectivity index (χ0n) is 10.7. The highest BCUT2D eigenvalue weighted by molar-refractivity contribution is 5.77. The molecule has 1 aliphatic heterocycles. The fraction of sp³-hybridized carbons (Fsp3) is 0.462. The lowest BCUT2D eigenvalue weighted by molar-refractivity contribution is 0.466. The van der Waals surface area contributed by atoms with Crippen LogP contribution >= 0.6 is 0 Å². The maximum Gasteiger partial charge on any atom is 0.139 e. The molecule has 0 spiro atoms. The van der Waals surface area contributed by atoms with Crippen LogP contribution in [-0.4, -0.2) is 28.6 Å². The number of hydrazine groups is 1. The number of fused-ring (bicyclic) bond motifs is 1. The number of hydrogen-bond acceptors (Lipinski definition) is 4. The molecule has 2 aromatic heterocycles. The summed E-state index contributed by atoms with van der Waals surface area (Å²) in [5, 5.41) is 4.56. The van der Waals surface area contributed by atoms with Crippen molar-refractivity contribution in [3.63, 3.8) is 0 Å². The van der Waals surface area contributed by atoms with Crippen molar-refractivity contribution in [2.45, 2.75) is 25.9 Å². The van der Waals surface area contributed by atoms with Gasteiger partial charge in [-0.3, -0.25) is 10.9 Å². The summed E-state index contributed by atoms with van der Waals surface area (Å²) in [6.07, 6.45) is 1.91. The van der Waals surface area contributed by atoms with E-state index in [2.05, 4.69) is 46.1 Å². The third kappa shape index (κ3) is 2.07. The molecule has 5 heteroatoms. The van der Waals surface area contributed by atoms with Crippen molar-refractivity contribution in [3.8, 4) is 0 Å². The number of pyridine rings is 1. The van der Waals surface area contributed by atoms with Crippen LogP contribution in [0.3, 0.4) is 0 Å². The number of rotatable bonds is 3. The van der Waals surface area contributed by atoms with Crippen LogP contribution in [0.15, 0.2) is 24.4 Å². The van der Waals surface area contributed by atoms with Gasteiger partial charge in [-0.05, 0) is 32.0 Å². The Hall–Kier alpha value is -1.59. The zero-order valence-corrected chi connectivity index (χ0v) is 10.7. The van der Waals surface area contributed by atoms with Crippen LogP contribution in [0.25, 0.3) is 11.0 Å². The number of aromatic amines is 1. The summed E-state index contributed by atoms with van der Waals surface area (Å²) in [4.78, 5) is 7.67. The first-order valence-corrected chi connectivity index (χ1v) is 6.43. The van der Waals surface area contributed by atoms with E-state index in [-0.39, 0.29) is 0 Å². The van der Waals surface area contributed by atoms with E-state index in [9.17, 15) is 0 Å². The second-order valence-corrected chi connectivity index (χ2v) is 5.02. The molecule has 1 fully saturated rings. The van der Waals surface area contributed by atoms with E-state index >= 15 is 0 Å². The minimum absolute atomic E-state index is 0.474. The van der Waals surface area contributed by atoms with Gasteiger partial charge in [0.05, 0.1) is 0 Å². The van der Waals surface area contributed by atoms with E-state index in [4.69, 9.17) is 0 Å². The van der Waals surface area contributed by atoms with Crippen LogP contribution in [0, 0.1) is 5.92 Å². The number of hydrogen-bond donors (Lipinski definition) is 4. The lowest BCUT2D eigenvalue weighted by Gasteiger charge is -2.18. The standard InChI is InChI=1S/C13H19N5/c1-8-11(9(2)18-17-8)7-15-12-4-3-10-5-6-14-13(10)16-12/h3-6,8-9,11,17-18H,7H2,1-2H3,(H2,14,15,16). The lowest BCUT2D eigenvalue weighted by Crippen LogP contribution is -2.30. The zero-order chi connectivity index (χ0) is 12.5. The Morgan fingerprint density at radius 2 is 1.94 bits per heavy atom. The Kier molecular flexibility index (Phi) is 2.93. The van der Waals surface area contributed by atoms with Crippen molar-refractivity contribution in [1.82, 2.24) is 20.8 Å². The quantitative estimate of drug-likeness (QED) is 0.661. The molecule has 5 nitrogen and oxygen atoms in total. The van der Waals surface area contributed by atoms with E-state index in [0.717, 1.165) is 23.4 Å². The summed E-state index contributed by atoms with van der Waals surface area (Å²) in [5.74, 6) is 1.49. The Bertz CT molecular complexity index is 525. The van der Waals surface area contributed by atoms with E-state index < -0.39 is 0 Å². The van der Waals surface area contributed by atoms with Crippen molar-refractivity contribution in [2.24, 2.45) is 5.92 Å². The first-order chi connectivity index (χ1) is 8.74. The van der Waals surface area contributed by atoms with Crippen molar-refractivity contribution >= 4 is 16.9 Å². The summed E-state index contributed by atoms with van der Waals surface area (Å²) >= 11 is 0. The molecule has 18 heavy (non-hydrogen) atoms. The van der Waals surface area contributed by atoms with E-state index in [1.807, 2.05) is 18.3 Å². The van der Waals surface area contributed by atoms with Gasteiger partial charge in [-0.15, -0.1) is 0 Å². The van der Waals surface area contributed by atoms with Gasteiger partial charge in [-0.25, -0.2) is 4.98 Å². The highest BCUT2D eigenvalue weighted by Gasteiger charge is 2.29. The van der Waals surface area contributed by atoms with Crippen LogP contribution in [0.5, 0.6) is 0 Å². The van der Waals surface area contributed by atoms with E-state index in [1.165, 1.54) is 0 Å². The SMILES string of the molecule is CC1NNC(C)C1CNc1ccc2cc[nH]c2n1. The molecule has 3 heterocycles. The third-order valence-corrected chi connectivity index (χ3v) is 3.75. The molecule has 0 amide bonds. The molecule has 96 valence electrons. The predicted octanol–water partition coefficient (Wildman–Crippen LogP) is 1.48. The summed E-state index contributed by atoms with van der Waals surface area (Å²) in [5.41, 5.74) is 7.46. The second kappa shape index (κ2) is 4.59. The average Bonchev–Trinajstić information content (AvgIpc) is 2.94. The molecule has 1 aliphatic rings. The predicted molar refractivity (Wildman–Crippen MR) is 73.3 cm³/mol. The summed E-state index contributed by atoms with van der Waals surface area (Å²) in [6, 6.07) is 7.09. The normalized spacial score (nSPS) is 27.8. The van der Waals surface area contributed by atoms with Crippen molar-refractivity contribution in [1.29, 1.82) is 0 Å². The second-order valence-electron chi connectivity index (χ2n) is 5.02. The molecule has 0 saturated carbocycles. The molecule has 2 aromatic rings. The molecule has 0 aliphatic carbocycles. The van der Waals surface area contributed by atoms with Crippen molar-refractivity contribution in [3.05, 3.63) is 24.4 Å². The van der Waals surface area contributed by atoms with Gasteiger partial charge in [0.25, 0.3) is 0 Å². The van der Waals surface area contributed by atoms with Gasteiger partial charge < -0.3 is 10.3 Å². The molecular formula is C13H19N5. The molecular weight excluding hydrogens is 226 g/mol. The van der Waals surface area contributed by atoms with Crippen LogP contribution in [0.4, 0.5) is 5.82 Å². The first kappa shape index (κ1) is 11.5. The fourth-order valence-electron chi connectivity index (χ4n) is 2.51. The van der Waals surface area contributed by atoms with Crippen molar-refractivity contribution in [2.75, 3.05) is 11.9 Å². The minimum Gasteiger partial charge on any atom is -0.370 e. The molecule has 3 rings (SSSR count). The number of nitrogens with one attached hydrogen (secondary N) is 4. The Labute approximate surface area is 106 Å². The monoisotopic (exact) mass is 245 g/mol. The molecule has 0 radical (unpaired) electrons.